The Morgan fingerprint density at radius 2 is 2.06 bits per heavy atom. The third kappa shape index (κ3) is 2.36. The largest absolute Gasteiger partial charge is 0.451 e. The summed E-state index contributed by atoms with van der Waals surface area (Å²) in [6.07, 6.45) is 6.44. The van der Waals surface area contributed by atoms with E-state index in [0.29, 0.717) is 17.8 Å². The van der Waals surface area contributed by atoms with E-state index in [1.807, 2.05) is 0 Å². The van der Waals surface area contributed by atoms with E-state index in [2.05, 4.69) is 20.8 Å². The number of fused-ring (bicyclic) bond motifs is 2. The molecule has 2 rings (SSSR count). The Balaban J connectivity index is 2.30. The summed E-state index contributed by atoms with van der Waals surface area (Å²) in [7, 11) is 0. The number of hydrogen-bond acceptors (Lipinski definition) is 2. The molecule has 0 saturated heterocycles. The fourth-order valence-corrected chi connectivity index (χ4v) is 4.86. The van der Waals surface area contributed by atoms with Gasteiger partial charge in [0.15, 0.2) is 0 Å². The fraction of sp³-hybridized carbons (Fsp3) is 0.929. The minimum absolute atomic E-state index is 0.132. The lowest BCUT2D eigenvalue weighted by molar-refractivity contribution is -0.141. The van der Waals surface area contributed by atoms with Crippen molar-refractivity contribution in [1.82, 2.24) is 0 Å². The third-order valence-electron chi connectivity index (χ3n) is 5.04. The topological polar surface area (TPSA) is 26.3 Å². The molecule has 0 N–H and O–H groups in total. The minimum Gasteiger partial charge on any atom is -0.451 e. The Labute approximate surface area is 118 Å². The lowest BCUT2D eigenvalue weighted by Crippen LogP contribution is -2.56. The van der Waals surface area contributed by atoms with Crippen molar-refractivity contribution in [2.24, 2.45) is 23.7 Å². The van der Waals surface area contributed by atoms with Gasteiger partial charge in [0.05, 0.1) is 22.6 Å². The predicted octanol–water partition coefficient (Wildman–Crippen LogP) is 4.80. The van der Waals surface area contributed by atoms with Crippen molar-refractivity contribution in [3.63, 3.8) is 0 Å². The second-order valence-corrected chi connectivity index (χ2v) is 7.10. The minimum atomic E-state index is -0.199. The van der Waals surface area contributed by atoms with Crippen molar-refractivity contribution in [2.75, 3.05) is 0 Å². The van der Waals surface area contributed by atoms with Crippen LogP contribution < -0.4 is 0 Å². The van der Waals surface area contributed by atoms with Crippen LogP contribution in [0.5, 0.6) is 0 Å². The van der Waals surface area contributed by atoms with Crippen LogP contribution in [0.1, 0.15) is 52.9 Å². The molecule has 0 aliphatic heterocycles. The summed E-state index contributed by atoms with van der Waals surface area (Å²) in [5.41, 5.74) is -0.199. The van der Waals surface area contributed by atoms with E-state index in [4.69, 9.17) is 4.74 Å². The van der Waals surface area contributed by atoms with E-state index >= 15 is 0 Å². The van der Waals surface area contributed by atoms with E-state index in [-0.39, 0.29) is 9.58 Å². The smallest absolute Gasteiger partial charge is 0.367 e. The molecule has 0 radical (unpaired) electrons. The molecule has 2 fully saturated rings. The third-order valence-corrected chi connectivity index (χ3v) is 5.26. The van der Waals surface area contributed by atoms with Crippen molar-refractivity contribution in [3.8, 4) is 0 Å². The van der Waals surface area contributed by atoms with Crippen LogP contribution in [0.4, 0.5) is 4.79 Å². The molecule has 2 nitrogen and oxygen atoms in total. The molecule has 17 heavy (non-hydrogen) atoms. The van der Waals surface area contributed by atoms with Gasteiger partial charge in [0.2, 0.25) is 0 Å². The Bertz CT molecular complexity index is 301. The highest BCUT2D eigenvalue weighted by Crippen LogP contribution is 2.53. The van der Waals surface area contributed by atoms with Gasteiger partial charge in [-0.25, -0.2) is 4.79 Å². The SMILES string of the molecule is CC(C)C1(OC(=O)I)C(C)CC2CCCC1C2. The molecule has 0 spiro atoms. The van der Waals surface area contributed by atoms with Crippen LogP contribution in [0, 0.1) is 23.7 Å². The van der Waals surface area contributed by atoms with Crippen molar-refractivity contribution in [1.29, 1.82) is 0 Å². The number of carbonyl (C=O) groups excluding carboxylic acids is 1. The molecule has 0 amide bonds. The second kappa shape index (κ2) is 5.06. The highest BCUT2D eigenvalue weighted by molar-refractivity contribution is 14.1. The van der Waals surface area contributed by atoms with Crippen molar-refractivity contribution in [3.05, 3.63) is 0 Å². The second-order valence-electron chi connectivity index (χ2n) is 6.21. The van der Waals surface area contributed by atoms with Gasteiger partial charge in [-0.2, -0.15) is 0 Å². The molecule has 4 unspecified atom stereocenters. The van der Waals surface area contributed by atoms with Gasteiger partial charge in [0.25, 0.3) is 0 Å². The first kappa shape index (κ1) is 13.6. The lowest BCUT2D eigenvalue weighted by Gasteiger charge is -2.54. The van der Waals surface area contributed by atoms with Gasteiger partial charge in [0, 0.05) is 0 Å². The zero-order valence-corrected chi connectivity index (χ0v) is 13.2. The van der Waals surface area contributed by atoms with Gasteiger partial charge in [0.1, 0.15) is 5.60 Å². The first-order valence-electron chi connectivity index (χ1n) is 6.85. The van der Waals surface area contributed by atoms with E-state index in [9.17, 15) is 4.79 Å². The first-order chi connectivity index (χ1) is 7.96. The molecule has 2 aliphatic carbocycles. The highest BCUT2D eigenvalue weighted by atomic mass is 127. The van der Waals surface area contributed by atoms with Crippen molar-refractivity contribution in [2.45, 2.75) is 58.5 Å². The summed E-state index contributed by atoms with van der Waals surface area (Å²) < 4.78 is 5.75. The normalized spacial score (nSPS) is 41.4. The molecule has 2 bridgehead atoms. The number of halogens is 1. The lowest BCUT2D eigenvalue weighted by atomic mass is 9.56. The molecular formula is C14H23IO2. The van der Waals surface area contributed by atoms with Crippen LogP contribution in [0.15, 0.2) is 0 Å². The van der Waals surface area contributed by atoms with Crippen LogP contribution in [-0.4, -0.2) is 9.58 Å². The van der Waals surface area contributed by atoms with Gasteiger partial charge < -0.3 is 4.74 Å². The first-order valence-corrected chi connectivity index (χ1v) is 7.93. The molecule has 0 aromatic carbocycles. The van der Waals surface area contributed by atoms with E-state index < -0.39 is 0 Å². The Morgan fingerprint density at radius 3 is 2.65 bits per heavy atom. The zero-order valence-electron chi connectivity index (χ0n) is 11.0. The number of rotatable bonds is 2. The Morgan fingerprint density at radius 1 is 1.35 bits per heavy atom. The molecule has 0 heterocycles. The number of hydrogen-bond donors (Lipinski definition) is 0. The van der Waals surface area contributed by atoms with Crippen LogP contribution in [-0.2, 0) is 4.74 Å². The van der Waals surface area contributed by atoms with Gasteiger partial charge in [-0.15, -0.1) is 0 Å². The molecule has 4 atom stereocenters. The summed E-state index contributed by atoms with van der Waals surface area (Å²) in [6.45, 7) is 6.71. The van der Waals surface area contributed by atoms with Gasteiger partial charge in [-0.05, 0) is 42.9 Å². The molecular weight excluding hydrogens is 327 g/mol. The number of ether oxygens (including phenoxy) is 1. The van der Waals surface area contributed by atoms with Crippen molar-refractivity contribution < 1.29 is 9.53 Å². The standard InChI is InChI=1S/C14H23IO2/c1-9(2)14(17-13(15)16)10(3)7-11-5-4-6-12(14)8-11/h9-12H,4-8H2,1-3H3. The predicted molar refractivity (Wildman–Crippen MR) is 77.3 cm³/mol. The quantitative estimate of drug-likeness (QED) is 0.528. The summed E-state index contributed by atoms with van der Waals surface area (Å²) in [6, 6.07) is 0. The monoisotopic (exact) mass is 350 g/mol. The summed E-state index contributed by atoms with van der Waals surface area (Å²) in [5.74, 6) is 2.39. The Hall–Kier alpha value is 0.200. The summed E-state index contributed by atoms with van der Waals surface area (Å²) >= 11 is 1.79. The van der Waals surface area contributed by atoms with Crippen LogP contribution in [0.2, 0.25) is 0 Å². The molecule has 98 valence electrons. The molecule has 3 heteroatoms. The molecule has 0 aromatic heterocycles. The van der Waals surface area contributed by atoms with E-state index in [0.717, 1.165) is 5.92 Å². The average molecular weight is 350 g/mol. The van der Waals surface area contributed by atoms with E-state index in [1.54, 1.807) is 22.6 Å². The highest BCUT2D eigenvalue weighted by Gasteiger charge is 2.53. The van der Waals surface area contributed by atoms with Crippen LogP contribution in [0.3, 0.4) is 0 Å². The van der Waals surface area contributed by atoms with Crippen LogP contribution in [0.25, 0.3) is 0 Å². The maximum atomic E-state index is 11.5. The summed E-state index contributed by atoms with van der Waals surface area (Å²) in [5, 5.41) is 0. The van der Waals surface area contributed by atoms with Gasteiger partial charge >= 0.3 is 3.98 Å². The Kier molecular flexibility index (Phi) is 4.06. The van der Waals surface area contributed by atoms with E-state index in [1.165, 1.54) is 32.1 Å². The maximum absolute atomic E-state index is 11.5. The molecule has 2 saturated carbocycles. The van der Waals surface area contributed by atoms with Crippen molar-refractivity contribution >= 4 is 26.6 Å². The van der Waals surface area contributed by atoms with Gasteiger partial charge in [-0.1, -0.05) is 33.6 Å². The fourth-order valence-electron chi connectivity index (χ4n) is 4.48. The average Bonchev–Trinajstić information content (AvgIpc) is 2.23. The maximum Gasteiger partial charge on any atom is 0.367 e. The molecule has 0 aromatic rings. The molecule has 2 aliphatic rings. The zero-order chi connectivity index (χ0) is 12.6. The summed E-state index contributed by atoms with van der Waals surface area (Å²) in [4.78, 5) is 11.5. The van der Waals surface area contributed by atoms with Crippen LogP contribution >= 0.6 is 22.6 Å². The van der Waals surface area contributed by atoms with Gasteiger partial charge in [-0.3, -0.25) is 0 Å². The number of carbonyl (C=O) groups is 1.